The van der Waals surface area contributed by atoms with Gasteiger partial charge in [-0.1, -0.05) is 52.3 Å². The molecule has 9 heteroatoms. The maximum atomic E-state index is 14.0. The number of aromatic hydroxyl groups is 1. The van der Waals surface area contributed by atoms with Crippen molar-refractivity contribution in [2.45, 2.75) is 30.7 Å². The molecule has 0 atom stereocenters. The van der Waals surface area contributed by atoms with Gasteiger partial charge in [0.2, 0.25) is 5.16 Å². The first-order chi connectivity index (χ1) is 13.5. The number of phenolic OH excluding ortho intramolecular Hbond substituents is 1. The molecule has 3 aromatic rings. The molecule has 2 aromatic carbocycles. The van der Waals surface area contributed by atoms with Gasteiger partial charge >= 0.3 is 0 Å². The van der Waals surface area contributed by atoms with E-state index < -0.39 is 0 Å². The minimum Gasteiger partial charge on any atom is -0.507 e. The molecular weight excluding hydrogens is 467 g/mol. The molecule has 0 aliphatic rings. The van der Waals surface area contributed by atoms with E-state index in [1.165, 1.54) is 17.8 Å². The van der Waals surface area contributed by atoms with E-state index >= 15 is 0 Å². The van der Waals surface area contributed by atoms with Crippen LogP contribution in [-0.4, -0.2) is 26.2 Å². The molecule has 1 heterocycles. The van der Waals surface area contributed by atoms with Crippen molar-refractivity contribution in [1.29, 1.82) is 0 Å². The number of hydrogen-bond acceptors (Lipinski definition) is 5. The van der Waals surface area contributed by atoms with Crippen LogP contribution < -0.4 is 0 Å². The molecule has 0 unspecified atom stereocenters. The highest BCUT2D eigenvalue weighted by atomic mass is 79.9. The van der Waals surface area contributed by atoms with Crippen molar-refractivity contribution in [3.8, 4) is 5.75 Å². The average Bonchev–Trinajstić information content (AvgIpc) is 3.04. The first-order valence-electron chi connectivity index (χ1n) is 8.52. The summed E-state index contributed by atoms with van der Waals surface area (Å²) in [6, 6.07) is 9.69. The van der Waals surface area contributed by atoms with E-state index in [4.69, 9.17) is 11.6 Å². The molecule has 0 spiro atoms. The maximum Gasteiger partial charge on any atom is 0.212 e. The largest absolute Gasteiger partial charge is 0.507 e. The zero-order valence-electron chi connectivity index (χ0n) is 14.9. The van der Waals surface area contributed by atoms with Gasteiger partial charge in [-0.25, -0.2) is 4.39 Å². The number of hydrogen-bond donors (Lipinski definition) is 1. The van der Waals surface area contributed by atoms with Crippen molar-refractivity contribution in [3.05, 3.63) is 68.7 Å². The fourth-order valence-corrected chi connectivity index (χ4v) is 4.06. The predicted molar refractivity (Wildman–Crippen MR) is 114 cm³/mol. The highest BCUT2D eigenvalue weighted by Crippen LogP contribution is 2.28. The number of halogens is 3. The molecule has 0 amide bonds. The molecule has 0 aliphatic heterocycles. The number of phenols is 1. The molecule has 5 nitrogen and oxygen atoms in total. The number of thioether (sulfide) groups is 1. The number of benzene rings is 2. The zero-order valence-corrected chi connectivity index (χ0v) is 18.1. The Bertz CT molecular complexity index is 991. The summed E-state index contributed by atoms with van der Waals surface area (Å²) in [5.74, 6) is 0.745. The van der Waals surface area contributed by atoms with Crippen molar-refractivity contribution in [2.75, 3.05) is 0 Å². The number of aromatic nitrogens is 3. The molecule has 0 saturated heterocycles. The van der Waals surface area contributed by atoms with Gasteiger partial charge in [0.1, 0.15) is 11.6 Å². The fraction of sp³-hybridized carbons (Fsp3) is 0.211. The molecule has 0 fully saturated rings. The van der Waals surface area contributed by atoms with Crippen molar-refractivity contribution in [1.82, 2.24) is 14.9 Å². The van der Waals surface area contributed by atoms with Crippen LogP contribution in [0, 0.1) is 5.82 Å². The lowest BCUT2D eigenvalue weighted by molar-refractivity contribution is 0.474. The Balaban J connectivity index is 1.88. The van der Waals surface area contributed by atoms with Crippen LogP contribution in [0.5, 0.6) is 5.75 Å². The molecule has 0 bridgehead atoms. The van der Waals surface area contributed by atoms with Crippen LogP contribution in [0.15, 0.2) is 51.1 Å². The quantitative estimate of drug-likeness (QED) is 0.348. The van der Waals surface area contributed by atoms with E-state index in [1.54, 1.807) is 41.2 Å². The van der Waals surface area contributed by atoms with Crippen molar-refractivity contribution < 1.29 is 9.50 Å². The Morgan fingerprint density at radius 3 is 2.89 bits per heavy atom. The molecule has 0 aliphatic carbocycles. The van der Waals surface area contributed by atoms with Crippen molar-refractivity contribution in [2.24, 2.45) is 5.10 Å². The molecular formula is C19H17BrClFN4OS. The van der Waals surface area contributed by atoms with Crippen LogP contribution in [-0.2, 0) is 12.2 Å². The molecule has 1 aromatic heterocycles. The third kappa shape index (κ3) is 4.92. The molecule has 146 valence electrons. The minimum absolute atomic E-state index is 0.115. The van der Waals surface area contributed by atoms with Crippen LogP contribution in [0.3, 0.4) is 0 Å². The number of nitrogens with zero attached hydrogens (tertiary/aromatic N) is 4. The lowest BCUT2D eigenvalue weighted by atomic mass is 10.2. The smallest absolute Gasteiger partial charge is 0.212 e. The summed E-state index contributed by atoms with van der Waals surface area (Å²) in [4.78, 5) is 0. The number of aryl methyl sites for hydroxylation is 1. The van der Waals surface area contributed by atoms with Gasteiger partial charge in [0.05, 0.1) is 6.21 Å². The summed E-state index contributed by atoms with van der Waals surface area (Å²) in [5.41, 5.74) is 0.966. The highest BCUT2D eigenvalue weighted by Gasteiger charge is 2.14. The van der Waals surface area contributed by atoms with E-state index in [9.17, 15) is 9.50 Å². The van der Waals surface area contributed by atoms with E-state index in [-0.39, 0.29) is 11.6 Å². The standard InChI is InChI=1S/C19H17BrClFN4OS/c1-2-4-18-24-25-19(28-11-14-15(21)5-3-6-16(14)22)26(18)23-10-12-9-13(20)7-8-17(12)27/h3,5-10,27H,2,4,11H2,1H3/b23-10+. The Hall–Kier alpha value is -1.90. The highest BCUT2D eigenvalue weighted by molar-refractivity contribution is 9.10. The van der Waals surface area contributed by atoms with Gasteiger partial charge in [0, 0.05) is 32.8 Å². The van der Waals surface area contributed by atoms with Gasteiger partial charge in [-0.05, 0) is 36.8 Å². The Morgan fingerprint density at radius 1 is 1.32 bits per heavy atom. The van der Waals surface area contributed by atoms with Gasteiger partial charge in [-0.3, -0.25) is 0 Å². The SMILES string of the molecule is CCCc1nnc(SCc2c(F)cccc2Cl)n1/N=C/c1cc(Br)ccc1O. The van der Waals surface area contributed by atoms with Gasteiger partial charge < -0.3 is 5.11 Å². The Labute approximate surface area is 179 Å². The summed E-state index contributed by atoms with van der Waals surface area (Å²) in [7, 11) is 0. The van der Waals surface area contributed by atoms with Gasteiger partial charge in [-0.15, -0.1) is 10.2 Å². The lowest BCUT2D eigenvalue weighted by Gasteiger charge is -2.06. The van der Waals surface area contributed by atoms with Gasteiger partial charge in [0.15, 0.2) is 5.82 Å². The van der Waals surface area contributed by atoms with Crippen molar-refractivity contribution in [3.63, 3.8) is 0 Å². The van der Waals surface area contributed by atoms with Gasteiger partial charge in [-0.2, -0.15) is 9.78 Å². The second-order valence-corrected chi connectivity index (χ2v) is 8.16. The van der Waals surface area contributed by atoms with E-state index in [0.29, 0.717) is 39.3 Å². The average molecular weight is 484 g/mol. The van der Waals surface area contributed by atoms with E-state index in [1.807, 2.05) is 6.92 Å². The zero-order chi connectivity index (χ0) is 20.1. The van der Waals surface area contributed by atoms with E-state index in [2.05, 4.69) is 31.2 Å². The third-order valence-corrected chi connectivity index (χ3v) is 5.65. The van der Waals surface area contributed by atoms with Crippen LogP contribution in [0.2, 0.25) is 5.02 Å². The summed E-state index contributed by atoms with van der Waals surface area (Å²) >= 11 is 10.8. The van der Waals surface area contributed by atoms with Crippen LogP contribution in [0.1, 0.15) is 30.3 Å². The van der Waals surface area contributed by atoms with Crippen LogP contribution in [0.25, 0.3) is 0 Å². The predicted octanol–water partition coefficient (Wildman–Crippen LogP) is 5.67. The second kappa shape index (κ2) is 9.54. The second-order valence-electron chi connectivity index (χ2n) is 5.90. The molecule has 3 rings (SSSR count). The molecule has 0 radical (unpaired) electrons. The maximum absolute atomic E-state index is 14.0. The van der Waals surface area contributed by atoms with E-state index in [0.717, 1.165) is 10.9 Å². The van der Waals surface area contributed by atoms with Crippen LogP contribution >= 0.6 is 39.3 Å². The van der Waals surface area contributed by atoms with Crippen LogP contribution in [0.4, 0.5) is 4.39 Å². The molecule has 1 N–H and O–H groups in total. The van der Waals surface area contributed by atoms with Gasteiger partial charge in [0.25, 0.3) is 0 Å². The summed E-state index contributed by atoms with van der Waals surface area (Å²) < 4.78 is 16.5. The summed E-state index contributed by atoms with van der Waals surface area (Å²) in [6.45, 7) is 2.04. The number of rotatable bonds is 7. The Morgan fingerprint density at radius 2 is 2.14 bits per heavy atom. The van der Waals surface area contributed by atoms with Crippen molar-refractivity contribution >= 4 is 45.5 Å². The normalized spacial score (nSPS) is 11.4. The monoisotopic (exact) mass is 482 g/mol. The fourth-order valence-electron chi connectivity index (χ4n) is 2.44. The third-order valence-electron chi connectivity index (χ3n) is 3.86. The topological polar surface area (TPSA) is 63.3 Å². The summed E-state index contributed by atoms with van der Waals surface area (Å²) in [6.07, 6.45) is 3.11. The Kier molecular flexibility index (Phi) is 7.09. The first-order valence-corrected chi connectivity index (χ1v) is 10.7. The lowest BCUT2D eigenvalue weighted by Crippen LogP contribution is -2.01. The minimum atomic E-state index is -0.359. The first kappa shape index (κ1) is 20.8. The molecule has 0 saturated carbocycles. The molecule has 28 heavy (non-hydrogen) atoms. The summed E-state index contributed by atoms with van der Waals surface area (Å²) in [5, 5.41) is 23.7.